The van der Waals surface area contributed by atoms with Gasteiger partial charge >= 0.3 is 11.9 Å². The summed E-state index contributed by atoms with van der Waals surface area (Å²) in [5, 5.41) is 11.6. The van der Waals surface area contributed by atoms with Crippen LogP contribution < -0.4 is 19.1 Å². The number of aliphatic hydroxyl groups is 1. The lowest BCUT2D eigenvalue weighted by molar-refractivity contribution is -0.132. The monoisotopic (exact) mass is 576 g/mol. The summed E-state index contributed by atoms with van der Waals surface area (Å²) in [4.78, 5) is 45.6. The lowest BCUT2D eigenvalue weighted by Gasteiger charge is -2.24. The zero-order chi connectivity index (χ0) is 29.1. The van der Waals surface area contributed by atoms with Gasteiger partial charge in [-0.25, -0.2) is 9.78 Å². The second-order valence-electron chi connectivity index (χ2n) is 9.25. The maximum absolute atomic E-state index is 13.6. The molecule has 10 nitrogen and oxygen atoms in total. The van der Waals surface area contributed by atoms with Crippen LogP contribution in [0.4, 0.5) is 5.13 Å². The number of Topliss-reactive ketones (excluding diaryl/α,β-unsaturated/α-hetero) is 1. The van der Waals surface area contributed by atoms with Crippen molar-refractivity contribution in [1.29, 1.82) is 0 Å². The van der Waals surface area contributed by atoms with E-state index in [2.05, 4.69) is 11.6 Å². The highest BCUT2D eigenvalue weighted by atomic mass is 32.1. The molecule has 1 N–H and O–H groups in total. The first-order valence-corrected chi connectivity index (χ1v) is 13.8. The van der Waals surface area contributed by atoms with Crippen molar-refractivity contribution in [3.63, 3.8) is 0 Å². The third-order valence-electron chi connectivity index (χ3n) is 6.42. The van der Waals surface area contributed by atoms with Crippen LogP contribution in [0.5, 0.6) is 17.2 Å². The van der Waals surface area contributed by atoms with E-state index in [1.54, 1.807) is 49.4 Å². The summed E-state index contributed by atoms with van der Waals surface area (Å²) >= 11 is 0.927. The molecule has 0 aliphatic carbocycles. The van der Waals surface area contributed by atoms with Crippen LogP contribution in [0.25, 0.3) is 5.76 Å². The van der Waals surface area contributed by atoms with Crippen molar-refractivity contribution in [3.05, 3.63) is 82.4 Å². The molecule has 0 unspecified atom stereocenters. The zero-order valence-corrected chi connectivity index (χ0v) is 23.4. The van der Waals surface area contributed by atoms with Gasteiger partial charge in [-0.3, -0.25) is 14.5 Å². The van der Waals surface area contributed by atoms with Crippen molar-refractivity contribution >= 4 is 39.9 Å². The van der Waals surface area contributed by atoms with Crippen molar-refractivity contribution in [2.24, 2.45) is 0 Å². The molecule has 1 atom stereocenters. The van der Waals surface area contributed by atoms with E-state index in [1.807, 2.05) is 6.92 Å². The molecule has 3 heterocycles. The summed E-state index contributed by atoms with van der Waals surface area (Å²) in [7, 11) is 0. The number of ketones is 1. The standard InChI is InChI=1S/C30H28N2O8S/c1-4-11-37-20-8-6-7-18(15-20)24-23(25(33)19-9-10-21-22(16-19)39-14-13-38-21)26(34)28(35)32(24)30-31-17(3)27(41-30)29(36)40-12-5-2/h5-10,15-16,24,33H,2,4,11-14H2,1,3H3/t24-/m0/s1. The molecule has 212 valence electrons. The van der Waals surface area contributed by atoms with Crippen molar-refractivity contribution in [2.75, 3.05) is 31.3 Å². The Kier molecular flexibility index (Phi) is 8.06. The van der Waals surface area contributed by atoms with Gasteiger partial charge in [-0.05, 0) is 49.2 Å². The Balaban J connectivity index is 1.65. The molecule has 1 aromatic heterocycles. The van der Waals surface area contributed by atoms with Crippen LogP contribution in [0.3, 0.4) is 0 Å². The highest BCUT2D eigenvalue weighted by Gasteiger charge is 2.48. The fourth-order valence-electron chi connectivity index (χ4n) is 4.56. The second kappa shape index (κ2) is 11.8. The molecule has 3 aromatic rings. The van der Waals surface area contributed by atoms with E-state index in [0.717, 1.165) is 17.8 Å². The Labute approximate surface area is 240 Å². The molecule has 0 saturated carbocycles. The van der Waals surface area contributed by atoms with Crippen LogP contribution in [0.2, 0.25) is 0 Å². The predicted molar refractivity (Wildman–Crippen MR) is 152 cm³/mol. The van der Waals surface area contributed by atoms with Crippen LogP contribution in [0.15, 0.2) is 60.7 Å². The lowest BCUT2D eigenvalue weighted by atomic mass is 9.95. The number of aromatic nitrogens is 1. The van der Waals surface area contributed by atoms with Crippen molar-refractivity contribution in [3.8, 4) is 17.2 Å². The Morgan fingerprint density at radius 2 is 1.98 bits per heavy atom. The Bertz CT molecular complexity index is 1560. The molecule has 2 aromatic carbocycles. The molecular weight excluding hydrogens is 548 g/mol. The fourth-order valence-corrected chi connectivity index (χ4v) is 5.55. The predicted octanol–water partition coefficient (Wildman–Crippen LogP) is 4.98. The Hall–Kier alpha value is -4.64. The van der Waals surface area contributed by atoms with E-state index in [9.17, 15) is 19.5 Å². The first-order chi connectivity index (χ1) is 19.8. The molecular formula is C30H28N2O8S. The van der Waals surface area contributed by atoms with Gasteiger partial charge in [0.05, 0.1) is 23.9 Å². The normalized spacial score (nSPS) is 17.4. The minimum Gasteiger partial charge on any atom is -0.507 e. The number of benzene rings is 2. The average Bonchev–Trinajstić information content (AvgIpc) is 3.50. The number of ether oxygens (including phenoxy) is 4. The van der Waals surface area contributed by atoms with Crippen LogP contribution in [0.1, 0.15) is 45.9 Å². The van der Waals surface area contributed by atoms with Gasteiger partial charge in [0.2, 0.25) is 0 Å². The molecule has 5 rings (SSSR count). The highest BCUT2D eigenvalue weighted by Crippen LogP contribution is 2.45. The van der Waals surface area contributed by atoms with Gasteiger partial charge in [-0.1, -0.05) is 43.0 Å². The SMILES string of the molecule is C=CCOC(=O)c1sc(N2C(=O)C(=O)C(=C(O)c3ccc4c(c3)OCCO4)[C@@H]2c2cccc(OCCC)c2)nc1C. The van der Waals surface area contributed by atoms with Crippen molar-refractivity contribution < 1.29 is 38.4 Å². The molecule has 1 amide bonds. The Morgan fingerprint density at radius 1 is 1.20 bits per heavy atom. The maximum Gasteiger partial charge on any atom is 0.350 e. The summed E-state index contributed by atoms with van der Waals surface area (Å²) < 4.78 is 22.2. The minimum atomic E-state index is -1.06. The summed E-state index contributed by atoms with van der Waals surface area (Å²) in [6.45, 7) is 8.36. The number of amides is 1. The van der Waals surface area contributed by atoms with Gasteiger partial charge < -0.3 is 24.1 Å². The molecule has 0 spiro atoms. The van der Waals surface area contributed by atoms with Gasteiger partial charge in [-0.2, -0.15) is 0 Å². The van der Waals surface area contributed by atoms with Gasteiger partial charge in [0.1, 0.15) is 36.2 Å². The largest absolute Gasteiger partial charge is 0.507 e. The molecule has 2 aliphatic heterocycles. The van der Waals surface area contributed by atoms with E-state index in [4.69, 9.17) is 18.9 Å². The van der Waals surface area contributed by atoms with Gasteiger partial charge in [-0.15, -0.1) is 0 Å². The first kappa shape index (κ1) is 27.9. The quantitative estimate of drug-likeness (QED) is 0.123. The molecule has 2 aliphatic rings. The third-order valence-corrected chi connectivity index (χ3v) is 7.55. The topological polar surface area (TPSA) is 124 Å². The van der Waals surface area contributed by atoms with E-state index in [0.29, 0.717) is 48.3 Å². The number of nitrogens with zero attached hydrogens (tertiary/aromatic N) is 2. The summed E-state index contributed by atoms with van der Waals surface area (Å²) in [6, 6.07) is 10.7. The molecule has 0 radical (unpaired) electrons. The van der Waals surface area contributed by atoms with E-state index >= 15 is 0 Å². The number of thiazole rings is 1. The molecule has 41 heavy (non-hydrogen) atoms. The number of aryl methyl sites for hydroxylation is 1. The summed E-state index contributed by atoms with van der Waals surface area (Å²) in [6.07, 6.45) is 2.23. The van der Waals surface area contributed by atoms with Gasteiger partial charge in [0.15, 0.2) is 16.6 Å². The number of anilines is 1. The molecule has 1 saturated heterocycles. The van der Waals surface area contributed by atoms with E-state index < -0.39 is 23.7 Å². The zero-order valence-electron chi connectivity index (χ0n) is 22.5. The second-order valence-corrected chi connectivity index (χ2v) is 10.2. The first-order valence-electron chi connectivity index (χ1n) is 13.0. The van der Waals surface area contributed by atoms with Gasteiger partial charge in [0, 0.05) is 5.56 Å². The van der Waals surface area contributed by atoms with E-state index in [-0.39, 0.29) is 33.5 Å². The van der Waals surface area contributed by atoms with Crippen molar-refractivity contribution in [1.82, 2.24) is 4.98 Å². The van der Waals surface area contributed by atoms with Crippen LogP contribution in [-0.4, -0.2) is 54.2 Å². The number of carbonyl (C=O) groups excluding carboxylic acids is 3. The van der Waals surface area contributed by atoms with E-state index in [1.165, 1.54) is 11.0 Å². The maximum atomic E-state index is 13.6. The number of aliphatic hydroxyl groups excluding tert-OH is 1. The molecule has 0 bridgehead atoms. The number of carbonyl (C=O) groups is 3. The smallest absolute Gasteiger partial charge is 0.350 e. The number of rotatable bonds is 9. The minimum absolute atomic E-state index is 0.0100. The number of hydrogen-bond acceptors (Lipinski definition) is 10. The van der Waals surface area contributed by atoms with Crippen LogP contribution in [0, 0.1) is 6.92 Å². The average molecular weight is 577 g/mol. The van der Waals surface area contributed by atoms with Crippen LogP contribution >= 0.6 is 11.3 Å². The summed E-state index contributed by atoms with van der Waals surface area (Å²) in [5.41, 5.74) is 0.995. The number of fused-ring (bicyclic) bond motifs is 1. The summed E-state index contributed by atoms with van der Waals surface area (Å²) in [5.74, 6) is -1.32. The molecule has 1 fully saturated rings. The number of hydrogen-bond donors (Lipinski definition) is 1. The lowest BCUT2D eigenvalue weighted by Crippen LogP contribution is -2.29. The molecule has 11 heteroatoms. The number of esters is 1. The fraction of sp³-hybridized carbons (Fsp3) is 0.267. The third kappa shape index (κ3) is 5.40. The Morgan fingerprint density at radius 3 is 2.73 bits per heavy atom. The van der Waals surface area contributed by atoms with Crippen LogP contribution in [-0.2, 0) is 14.3 Å². The highest BCUT2D eigenvalue weighted by molar-refractivity contribution is 7.17. The van der Waals surface area contributed by atoms with Gasteiger partial charge in [0.25, 0.3) is 5.78 Å². The van der Waals surface area contributed by atoms with Crippen molar-refractivity contribution in [2.45, 2.75) is 26.3 Å².